The zero-order valence-electron chi connectivity index (χ0n) is 8.30. The van der Waals surface area contributed by atoms with Gasteiger partial charge in [-0.15, -0.1) is 5.10 Å². The number of anilines is 1. The second-order valence-electron chi connectivity index (χ2n) is 3.87. The van der Waals surface area contributed by atoms with Gasteiger partial charge in [-0.1, -0.05) is 35.5 Å². The first-order valence-corrected chi connectivity index (χ1v) is 5.12. The fraction of sp³-hybridized carbons (Fsp3) is 0.273. The van der Waals surface area contributed by atoms with Crippen LogP contribution in [0.25, 0.3) is 11.3 Å². The molecule has 1 aliphatic rings. The topological polar surface area (TPSA) is 56.7 Å². The number of nitrogen functional groups attached to an aromatic ring is 1. The smallest absolute Gasteiger partial charge is 0.174 e. The van der Waals surface area contributed by atoms with Gasteiger partial charge in [0.25, 0.3) is 0 Å². The van der Waals surface area contributed by atoms with E-state index in [0.29, 0.717) is 11.9 Å². The molecule has 0 amide bonds. The molecule has 76 valence electrons. The number of nitrogens with zero attached hydrogens (tertiary/aromatic N) is 3. The van der Waals surface area contributed by atoms with Crippen molar-refractivity contribution in [1.29, 1.82) is 0 Å². The zero-order valence-corrected chi connectivity index (χ0v) is 8.30. The minimum absolute atomic E-state index is 0.505. The van der Waals surface area contributed by atoms with Crippen LogP contribution in [0.5, 0.6) is 0 Å². The van der Waals surface area contributed by atoms with Crippen LogP contribution in [0.4, 0.5) is 5.82 Å². The van der Waals surface area contributed by atoms with Crippen LogP contribution in [0.3, 0.4) is 0 Å². The second-order valence-corrected chi connectivity index (χ2v) is 3.87. The van der Waals surface area contributed by atoms with Crippen molar-refractivity contribution in [2.45, 2.75) is 18.9 Å². The second kappa shape index (κ2) is 3.08. The van der Waals surface area contributed by atoms with E-state index in [1.54, 1.807) is 0 Å². The number of nitrogens with two attached hydrogens (primary N) is 1. The lowest BCUT2D eigenvalue weighted by Crippen LogP contribution is -1.99. The number of rotatable bonds is 2. The van der Waals surface area contributed by atoms with Crippen LogP contribution in [-0.2, 0) is 0 Å². The van der Waals surface area contributed by atoms with Gasteiger partial charge in [-0.05, 0) is 12.8 Å². The van der Waals surface area contributed by atoms with Gasteiger partial charge in [0, 0.05) is 5.56 Å². The maximum atomic E-state index is 5.84. The molecule has 4 heteroatoms. The van der Waals surface area contributed by atoms with Gasteiger partial charge in [-0.2, -0.15) is 0 Å². The van der Waals surface area contributed by atoms with E-state index in [0.717, 1.165) is 11.3 Å². The van der Waals surface area contributed by atoms with Crippen LogP contribution in [0.1, 0.15) is 18.9 Å². The Morgan fingerprint density at radius 3 is 2.60 bits per heavy atom. The molecule has 1 aromatic carbocycles. The summed E-state index contributed by atoms with van der Waals surface area (Å²) in [6.07, 6.45) is 2.37. The van der Waals surface area contributed by atoms with Crippen LogP contribution in [0.15, 0.2) is 30.3 Å². The highest BCUT2D eigenvalue weighted by Crippen LogP contribution is 2.38. The van der Waals surface area contributed by atoms with Crippen molar-refractivity contribution >= 4 is 5.82 Å². The standard InChI is InChI=1S/C11H12N4/c12-11-10(8-4-2-1-3-5-8)15(14-13-11)9-6-7-9/h1-5,9H,6-7,12H2. The molecule has 0 unspecified atom stereocenters. The number of hydrogen-bond donors (Lipinski definition) is 1. The average Bonchev–Trinajstić information content (AvgIpc) is 3.04. The largest absolute Gasteiger partial charge is 0.380 e. The van der Waals surface area contributed by atoms with E-state index in [1.807, 2.05) is 35.0 Å². The summed E-state index contributed by atoms with van der Waals surface area (Å²) in [6, 6.07) is 10.6. The normalized spacial score (nSPS) is 15.5. The predicted molar refractivity (Wildman–Crippen MR) is 58.1 cm³/mol. The molecule has 1 heterocycles. The Morgan fingerprint density at radius 2 is 1.93 bits per heavy atom. The first-order chi connectivity index (χ1) is 7.36. The lowest BCUT2D eigenvalue weighted by atomic mass is 10.1. The van der Waals surface area contributed by atoms with E-state index in [9.17, 15) is 0 Å². The van der Waals surface area contributed by atoms with Gasteiger partial charge in [0.1, 0.15) is 5.69 Å². The summed E-state index contributed by atoms with van der Waals surface area (Å²) in [5, 5.41) is 8.04. The molecule has 1 saturated carbocycles. The van der Waals surface area contributed by atoms with Crippen LogP contribution in [0.2, 0.25) is 0 Å². The van der Waals surface area contributed by atoms with Gasteiger partial charge < -0.3 is 5.73 Å². The maximum Gasteiger partial charge on any atom is 0.174 e. The molecule has 3 rings (SSSR count). The summed E-state index contributed by atoms with van der Waals surface area (Å²) in [7, 11) is 0. The molecule has 0 aliphatic heterocycles. The Bertz CT molecular complexity index is 471. The first kappa shape index (κ1) is 8.47. The van der Waals surface area contributed by atoms with Crippen molar-refractivity contribution in [3.63, 3.8) is 0 Å². The highest BCUT2D eigenvalue weighted by Gasteiger charge is 2.28. The molecule has 0 atom stereocenters. The molecule has 1 fully saturated rings. The minimum atomic E-state index is 0.505. The molecular formula is C11H12N4. The highest BCUT2D eigenvalue weighted by atomic mass is 15.5. The van der Waals surface area contributed by atoms with E-state index in [4.69, 9.17) is 5.73 Å². The number of aromatic nitrogens is 3. The molecule has 2 aromatic rings. The molecule has 4 nitrogen and oxygen atoms in total. The molecular weight excluding hydrogens is 188 g/mol. The lowest BCUT2D eigenvalue weighted by Gasteiger charge is -2.04. The van der Waals surface area contributed by atoms with Crippen molar-refractivity contribution in [3.05, 3.63) is 30.3 Å². The summed E-state index contributed by atoms with van der Waals surface area (Å²) in [6.45, 7) is 0. The summed E-state index contributed by atoms with van der Waals surface area (Å²) in [5.74, 6) is 0.521. The fourth-order valence-electron chi connectivity index (χ4n) is 1.76. The SMILES string of the molecule is Nc1nnn(C2CC2)c1-c1ccccc1. The van der Waals surface area contributed by atoms with Gasteiger partial charge in [-0.3, -0.25) is 0 Å². The number of benzene rings is 1. The van der Waals surface area contributed by atoms with Gasteiger partial charge in [0.15, 0.2) is 5.82 Å². The maximum absolute atomic E-state index is 5.84. The van der Waals surface area contributed by atoms with Crippen molar-refractivity contribution in [2.75, 3.05) is 5.73 Å². The average molecular weight is 200 g/mol. The molecule has 0 spiro atoms. The Labute approximate surface area is 87.7 Å². The Kier molecular flexibility index (Phi) is 1.74. The summed E-state index contributed by atoms with van der Waals surface area (Å²) in [5.41, 5.74) is 7.89. The molecule has 1 aromatic heterocycles. The van der Waals surface area contributed by atoms with E-state index in [-0.39, 0.29) is 0 Å². The van der Waals surface area contributed by atoms with Crippen LogP contribution in [0, 0.1) is 0 Å². The summed E-state index contributed by atoms with van der Waals surface area (Å²) < 4.78 is 1.95. The minimum Gasteiger partial charge on any atom is -0.380 e. The Morgan fingerprint density at radius 1 is 1.20 bits per heavy atom. The molecule has 0 saturated heterocycles. The van der Waals surface area contributed by atoms with Gasteiger partial charge in [-0.25, -0.2) is 4.68 Å². The van der Waals surface area contributed by atoms with E-state index in [1.165, 1.54) is 12.8 Å². The summed E-state index contributed by atoms with van der Waals surface area (Å²) in [4.78, 5) is 0. The van der Waals surface area contributed by atoms with Crippen molar-refractivity contribution in [3.8, 4) is 11.3 Å². The van der Waals surface area contributed by atoms with Crippen molar-refractivity contribution < 1.29 is 0 Å². The first-order valence-electron chi connectivity index (χ1n) is 5.12. The number of hydrogen-bond acceptors (Lipinski definition) is 3. The van der Waals surface area contributed by atoms with E-state index in [2.05, 4.69) is 10.3 Å². The van der Waals surface area contributed by atoms with Crippen molar-refractivity contribution in [2.24, 2.45) is 0 Å². The molecule has 15 heavy (non-hydrogen) atoms. The third-order valence-corrected chi connectivity index (χ3v) is 2.66. The predicted octanol–water partition coefficient (Wildman–Crippen LogP) is 1.86. The van der Waals surface area contributed by atoms with Gasteiger partial charge in [0.2, 0.25) is 0 Å². The highest BCUT2D eigenvalue weighted by molar-refractivity contribution is 5.69. The lowest BCUT2D eigenvalue weighted by molar-refractivity contribution is 0.616. The van der Waals surface area contributed by atoms with Crippen LogP contribution in [-0.4, -0.2) is 15.0 Å². The van der Waals surface area contributed by atoms with E-state index < -0.39 is 0 Å². The van der Waals surface area contributed by atoms with Gasteiger partial charge >= 0.3 is 0 Å². The summed E-state index contributed by atoms with van der Waals surface area (Å²) >= 11 is 0. The zero-order chi connectivity index (χ0) is 10.3. The van der Waals surface area contributed by atoms with Gasteiger partial charge in [0.05, 0.1) is 6.04 Å². The Balaban J connectivity index is 2.13. The van der Waals surface area contributed by atoms with E-state index >= 15 is 0 Å². The third-order valence-electron chi connectivity index (χ3n) is 2.66. The van der Waals surface area contributed by atoms with Crippen LogP contribution >= 0.6 is 0 Å². The molecule has 2 N–H and O–H groups in total. The molecule has 1 aliphatic carbocycles. The molecule has 0 bridgehead atoms. The monoisotopic (exact) mass is 200 g/mol. The third kappa shape index (κ3) is 1.38. The van der Waals surface area contributed by atoms with Crippen molar-refractivity contribution in [1.82, 2.24) is 15.0 Å². The Hall–Kier alpha value is -1.84. The fourth-order valence-corrected chi connectivity index (χ4v) is 1.76. The quantitative estimate of drug-likeness (QED) is 0.805. The van der Waals surface area contributed by atoms with Crippen LogP contribution < -0.4 is 5.73 Å². The molecule has 0 radical (unpaired) electrons.